The van der Waals surface area contributed by atoms with E-state index in [-0.39, 0.29) is 5.75 Å². The van der Waals surface area contributed by atoms with Crippen molar-refractivity contribution < 1.29 is 5.11 Å². The highest BCUT2D eigenvalue weighted by molar-refractivity contribution is 8.10. The van der Waals surface area contributed by atoms with Gasteiger partial charge in [-0.05, 0) is 60.2 Å². The molecule has 4 nitrogen and oxygen atoms in total. The smallest absolute Gasteiger partial charge is 0.115 e. The number of nitrogens with zero attached hydrogens (tertiary/aromatic N) is 2. The van der Waals surface area contributed by atoms with E-state index in [0.717, 1.165) is 36.1 Å². The third-order valence-electron chi connectivity index (χ3n) is 2.98. The lowest BCUT2D eigenvalue weighted by Crippen LogP contribution is -2.02. The molecular formula is C16H17N3OS. The molecule has 21 heavy (non-hydrogen) atoms. The van der Waals surface area contributed by atoms with Gasteiger partial charge in [0.25, 0.3) is 0 Å². The fourth-order valence-electron chi connectivity index (χ4n) is 1.93. The average molecular weight is 299 g/mol. The van der Waals surface area contributed by atoms with Gasteiger partial charge in [0, 0.05) is 0 Å². The Morgan fingerprint density at radius 3 is 2.48 bits per heavy atom. The van der Waals surface area contributed by atoms with Gasteiger partial charge in [-0.2, -0.15) is 10.2 Å². The number of hydrogen-bond acceptors (Lipinski definition) is 5. The predicted octanol–water partition coefficient (Wildman–Crippen LogP) is 3.36. The van der Waals surface area contributed by atoms with Crippen molar-refractivity contribution in [3.63, 3.8) is 0 Å². The molecule has 0 atom stereocenters. The number of aryl methyl sites for hydroxylation is 1. The second-order valence-electron chi connectivity index (χ2n) is 4.44. The van der Waals surface area contributed by atoms with Crippen molar-refractivity contribution >= 4 is 23.2 Å². The molecule has 0 aliphatic carbocycles. The molecular weight excluding hydrogens is 282 g/mol. The summed E-state index contributed by atoms with van der Waals surface area (Å²) in [5.41, 5.74) is 4.55. The van der Waals surface area contributed by atoms with Crippen LogP contribution >= 0.6 is 11.9 Å². The highest BCUT2D eigenvalue weighted by Gasteiger charge is 2.05. The Hall–Kier alpha value is -2.11. The molecule has 5 heteroatoms. The van der Waals surface area contributed by atoms with E-state index in [1.165, 1.54) is 11.1 Å². The third kappa shape index (κ3) is 5.06. The van der Waals surface area contributed by atoms with E-state index < -0.39 is 0 Å². The molecule has 0 bridgehead atoms. The number of aromatic hydroxyl groups is 1. The zero-order valence-corrected chi connectivity index (χ0v) is 12.3. The highest BCUT2D eigenvalue weighted by Crippen LogP contribution is 2.14. The fourth-order valence-corrected chi connectivity index (χ4v) is 2.04. The van der Waals surface area contributed by atoms with Gasteiger partial charge in [-0.25, -0.2) is 0 Å². The van der Waals surface area contributed by atoms with Crippen LogP contribution in [0.1, 0.15) is 17.5 Å². The minimum Gasteiger partial charge on any atom is -0.508 e. The second-order valence-corrected chi connectivity index (χ2v) is 4.92. The molecule has 0 saturated carbocycles. The number of nitrogens with two attached hydrogens (primary N) is 1. The lowest BCUT2D eigenvalue weighted by molar-refractivity contribution is 0.475. The summed E-state index contributed by atoms with van der Waals surface area (Å²) in [7, 11) is 0. The normalized spacial score (nSPS) is 12.0. The summed E-state index contributed by atoms with van der Waals surface area (Å²) in [6.07, 6.45) is 1.65. The van der Waals surface area contributed by atoms with Crippen LogP contribution in [-0.4, -0.2) is 16.4 Å². The Morgan fingerprint density at radius 1 is 1.10 bits per heavy atom. The highest BCUT2D eigenvalue weighted by atomic mass is 32.2. The van der Waals surface area contributed by atoms with Crippen LogP contribution in [0.25, 0.3) is 0 Å². The van der Waals surface area contributed by atoms with E-state index in [1.54, 1.807) is 12.1 Å². The molecule has 0 spiro atoms. The van der Waals surface area contributed by atoms with Gasteiger partial charge in [0.15, 0.2) is 0 Å². The first kappa shape index (κ1) is 15.3. The van der Waals surface area contributed by atoms with Gasteiger partial charge in [-0.1, -0.05) is 30.3 Å². The van der Waals surface area contributed by atoms with Crippen molar-refractivity contribution in [1.82, 2.24) is 0 Å². The summed E-state index contributed by atoms with van der Waals surface area (Å²) in [6.45, 7) is 0. The first-order valence-electron chi connectivity index (χ1n) is 6.57. The van der Waals surface area contributed by atoms with E-state index in [9.17, 15) is 5.11 Å². The van der Waals surface area contributed by atoms with E-state index in [0.29, 0.717) is 0 Å². The molecule has 108 valence electrons. The van der Waals surface area contributed by atoms with Gasteiger partial charge < -0.3 is 5.11 Å². The number of benzene rings is 2. The van der Waals surface area contributed by atoms with Crippen molar-refractivity contribution in [2.75, 3.05) is 0 Å². The van der Waals surface area contributed by atoms with Crippen LogP contribution in [0.15, 0.2) is 64.8 Å². The summed E-state index contributed by atoms with van der Waals surface area (Å²) >= 11 is 1.02. The minimum atomic E-state index is 0.238. The largest absolute Gasteiger partial charge is 0.508 e. The molecule has 0 amide bonds. The Morgan fingerprint density at radius 2 is 1.81 bits per heavy atom. The van der Waals surface area contributed by atoms with Crippen LogP contribution in [0, 0.1) is 0 Å². The van der Waals surface area contributed by atoms with E-state index in [4.69, 9.17) is 5.14 Å². The molecule has 0 aromatic heterocycles. The molecule has 2 aromatic carbocycles. The average Bonchev–Trinajstić information content (AvgIpc) is 2.53. The molecule has 3 N–H and O–H groups in total. The van der Waals surface area contributed by atoms with Crippen LogP contribution < -0.4 is 5.14 Å². The third-order valence-corrected chi connectivity index (χ3v) is 3.20. The molecule has 2 aromatic rings. The first-order chi connectivity index (χ1) is 10.3. The summed E-state index contributed by atoms with van der Waals surface area (Å²) in [5, 5.41) is 22.8. The van der Waals surface area contributed by atoms with Crippen LogP contribution in [0.3, 0.4) is 0 Å². The molecule has 2 rings (SSSR count). The molecule has 0 heterocycles. The van der Waals surface area contributed by atoms with E-state index in [1.807, 2.05) is 30.3 Å². The monoisotopic (exact) mass is 299 g/mol. The molecule has 0 unspecified atom stereocenters. The fraction of sp³-hybridized carbons (Fsp3) is 0.125. The quantitative estimate of drug-likeness (QED) is 0.372. The maximum Gasteiger partial charge on any atom is 0.115 e. The molecule has 0 aliphatic rings. The standard InChI is InChI=1S/C16H17N3OS/c17-21-12-18-19-16(14-7-9-15(20)10-8-14)11-6-13-4-2-1-3-5-13/h1-5,7-10,12,20H,6,11,17H2/b18-12+,19-16+. The van der Waals surface area contributed by atoms with E-state index >= 15 is 0 Å². The van der Waals surface area contributed by atoms with Gasteiger partial charge in [-0.3, -0.25) is 5.14 Å². The number of hydrogen-bond donors (Lipinski definition) is 2. The van der Waals surface area contributed by atoms with Gasteiger partial charge >= 0.3 is 0 Å². The van der Waals surface area contributed by atoms with Crippen molar-refractivity contribution in [2.45, 2.75) is 12.8 Å². The van der Waals surface area contributed by atoms with Crippen molar-refractivity contribution in [3.8, 4) is 5.75 Å². The second kappa shape index (κ2) is 8.24. The number of phenolic OH excluding ortho intramolecular Hbond substituents is 1. The maximum atomic E-state index is 9.37. The molecule has 0 aliphatic heterocycles. The van der Waals surface area contributed by atoms with Gasteiger partial charge in [0.2, 0.25) is 0 Å². The molecule has 0 saturated heterocycles. The van der Waals surface area contributed by atoms with Crippen molar-refractivity contribution in [2.24, 2.45) is 15.3 Å². The van der Waals surface area contributed by atoms with Gasteiger partial charge in [-0.15, -0.1) is 0 Å². The number of phenols is 1. The zero-order chi connectivity index (χ0) is 14.9. The number of rotatable bonds is 6. The maximum absolute atomic E-state index is 9.37. The summed E-state index contributed by atoms with van der Waals surface area (Å²) in [6, 6.07) is 17.2. The van der Waals surface area contributed by atoms with Gasteiger partial charge in [0.1, 0.15) is 5.75 Å². The van der Waals surface area contributed by atoms with Crippen LogP contribution in [0.5, 0.6) is 5.75 Å². The topological polar surface area (TPSA) is 71.0 Å². The Balaban J connectivity index is 2.14. The lowest BCUT2D eigenvalue weighted by Gasteiger charge is -2.06. The SMILES string of the molecule is NS/C=N/N=C(\CCc1ccccc1)c1ccc(O)cc1. The van der Waals surface area contributed by atoms with Crippen molar-refractivity contribution in [3.05, 3.63) is 65.7 Å². The lowest BCUT2D eigenvalue weighted by atomic mass is 10.0. The summed E-state index contributed by atoms with van der Waals surface area (Å²) in [5.74, 6) is 0.238. The molecule has 0 fully saturated rings. The predicted molar refractivity (Wildman–Crippen MR) is 89.7 cm³/mol. The van der Waals surface area contributed by atoms with Crippen molar-refractivity contribution in [1.29, 1.82) is 0 Å². The first-order valence-corrected chi connectivity index (χ1v) is 7.51. The Labute approximate surface area is 128 Å². The van der Waals surface area contributed by atoms with E-state index in [2.05, 4.69) is 22.3 Å². The van der Waals surface area contributed by atoms with Crippen LogP contribution in [0.4, 0.5) is 0 Å². The summed E-state index contributed by atoms with van der Waals surface area (Å²) in [4.78, 5) is 0. The molecule has 0 radical (unpaired) electrons. The Kier molecular flexibility index (Phi) is 5.99. The van der Waals surface area contributed by atoms with Gasteiger partial charge in [0.05, 0.1) is 11.3 Å². The zero-order valence-electron chi connectivity index (χ0n) is 11.5. The summed E-state index contributed by atoms with van der Waals surface area (Å²) < 4.78 is 0. The Bertz CT molecular complexity index is 609. The minimum absolute atomic E-state index is 0.238. The van der Waals surface area contributed by atoms with Crippen LogP contribution in [0.2, 0.25) is 0 Å². The van der Waals surface area contributed by atoms with Crippen LogP contribution in [-0.2, 0) is 6.42 Å².